The van der Waals surface area contributed by atoms with Crippen molar-refractivity contribution < 1.29 is 19.1 Å². The summed E-state index contributed by atoms with van der Waals surface area (Å²) in [5.74, 6) is -0.832. The van der Waals surface area contributed by atoms with Crippen LogP contribution in [0.25, 0.3) is 0 Å². The molecule has 1 aromatic heterocycles. The van der Waals surface area contributed by atoms with Gasteiger partial charge in [0.2, 0.25) is 0 Å². The summed E-state index contributed by atoms with van der Waals surface area (Å²) in [7, 11) is 0. The van der Waals surface area contributed by atoms with Gasteiger partial charge in [-0.15, -0.1) is 0 Å². The van der Waals surface area contributed by atoms with Crippen molar-refractivity contribution in [1.82, 2.24) is 4.90 Å². The highest BCUT2D eigenvalue weighted by atomic mass is 16.4. The van der Waals surface area contributed by atoms with Crippen LogP contribution in [0.3, 0.4) is 0 Å². The summed E-state index contributed by atoms with van der Waals surface area (Å²) < 4.78 is 5.09. The quantitative estimate of drug-likeness (QED) is 0.846. The first-order chi connectivity index (χ1) is 8.09. The van der Waals surface area contributed by atoms with Crippen LogP contribution < -0.4 is 0 Å². The Kier molecular flexibility index (Phi) is 3.17. The number of hydrogen-bond donors (Lipinski definition) is 1. The summed E-state index contributed by atoms with van der Waals surface area (Å²) in [6.07, 6.45) is 2.85. The molecular formula is C12H15NO4. The SMILES string of the molecule is Cc1occc1C(=O)N1CCC[C@H](C(=O)O)C1. The number of carboxylic acids is 1. The van der Waals surface area contributed by atoms with Gasteiger partial charge in [-0.2, -0.15) is 0 Å². The van der Waals surface area contributed by atoms with E-state index >= 15 is 0 Å². The third-order valence-corrected chi connectivity index (χ3v) is 3.15. The van der Waals surface area contributed by atoms with Crippen LogP contribution in [-0.4, -0.2) is 35.0 Å². The molecule has 1 fully saturated rings. The normalized spacial score (nSPS) is 20.3. The van der Waals surface area contributed by atoms with Gasteiger partial charge in [0.15, 0.2) is 0 Å². The Bertz CT molecular complexity index is 437. The molecule has 17 heavy (non-hydrogen) atoms. The Labute approximate surface area is 99.0 Å². The first-order valence-electron chi connectivity index (χ1n) is 5.65. The fraction of sp³-hybridized carbons (Fsp3) is 0.500. The van der Waals surface area contributed by atoms with Crippen LogP contribution in [0.15, 0.2) is 16.7 Å². The molecule has 0 aromatic carbocycles. The fourth-order valence-corrected chi connectivity index (χ4v) is 2.14. The van der Waals surface area contributed by atoms with Gasteiger partial charge in [0.25, 0.3) is 5.91 Å². The van der Waals surface area contributed by atoms with Crippen LogP contribution in [0.4, 0.5) is 0 Å². The van der Waals surface area contributed by atoms with Gasteiger partial charge in [-0.05, 0) is 25.8 Å². The highest BCUT2D eigenvalue weighted by Crippen LogP contribution is 2.20. The lowest BCUT2D eigenvalue weighted by molar-refractivity contribution is -0.143. The van der Waals surface area contributed by atoms with E-state index in [0.29, 0.717) is 30.8 Å². The molecule has 0 saturated carbocycles. The largest absolute Gasteiger partial charge is 0.481 e. The average Bonchev–Trinajstić information content (AvgIpc) is 2.74. The maximum absolute atomic E-state index is 12.1. The van der Waals surface area contributed by atoms with Crippen molar-refractivity contribution in [3.05, 3.63) is 23.7 Å². The van der Waals surface area contributed by atoms with E-state index in [9.17, 15) is 9.59 Å². The third-order valence-electron chi connectivity index (χ3n) is 3.15. The lowest BCUT2D eigenvalue weighted by Crippen LogP contribution is -2.42. The number of hydrogen-bond acceptors (Lipinski definition) is 3. The fourth-order valence-electron chi connectivity index (χ4n) is 2.14. The molecule has 92 valence electrons. The van der Waals surface area contributed by atoms with Crippen LogP contribution in [0.5, 0.6) is 0 Å². The van der Waals surface area contributed by atoms with Crippen LogP contribution >= 0.6 is 0 Å². The Hall–Kier alpha value is -1.78. The zero-order chi connectivity index (χ0) is 12.4. The van der Waals surface area contributed by atoms with Gasteiger partial charge in [-0.1, -0.05) is 0 Å². The van der Waals surface area contributed by atoms with Gasteiger partial charge in [0, 0.05) is 13.1 Å². The summed E-state index contributed by atoms with van der Waals surface area (Å²) >= 11 is 0. The van der Waals surface area contributed by atoms with E-state index in [1.807, 2.05) is 0 Å². The maximum atomic E-state index is 12.1. The first kappa shape index (κ1) is 11.7. The lowest BCUT2D eigenvalue weighted by Gasteiger charge is -2.30. The van der Waals surface area contributed by atoms with Gasteiger partial charge in [0.1, 0.15) is 5.76 Å². The number of furan rings is 1. The summed E-state index contributed by atoms with van der Waals surface area (Å²) in [6.45, 7) is 2.64. The number of piperidine rings is 1. The smallest absolute Gasteiger partial charge is 0.308 e. The molecule has 0 aliphatic carbocycles. The van der Waals surface area contributed by atoms with Crippen LogP contribution in [-0.2, 0) is 4.79 Å². The van der Waals surface area contributed by atoms with E-state index in [2.05, 4.69) is 0 Å². The number of carbonyl (C=O) groups excluding carboxylic acids is 1. The second-order valence-corrected chi connectivity index (χ2v) is 4.32. The maximum Gasteiger partial charge on any atom is 0.308 e. The van der Waals surface area contributed by atoms with Crippen LogP contribution in [0, 0.1) is 12.8 Å². The molecule has 0 radical (unpaired) electrons. The molecule has 2 heterocycles. The van der Waals surface area contributed by atoms with Gasteiger partial charge < -0.3 is 14.4 Å². The number of aliphatic carboxylic acids is 1. The Morgan fingerprint density at radius 3 is 2.88 bits per heavy atom. The van der Waals surface area contributed by atoms with E-state index in [0.717, 1.165) is 6.42 Å². The zero-order valence-electron chi connectivity index (χ0n) is 9.68. The highest BCUT2D eigenvalue weighted by Gasteiger charge is 2.29. The van der Waals surface area contributed by atoms with Crippen molar-refractivity contribution in [3.63, 3.8) is 0 Å². The predicted octanol–water partition coefficient (Wildman–Crippen LogP) is 1.52. The third kappa shape index (κ3) is 2.33. The minimum Gasteiger partial charge on any atom is -0.481 e. The zero-order valence-corrected chi connectivity index (χ0v) is 9.68. The Morgan fingerprint density at radius 2 is 2.29 bits per heavy atom. The molecule has 1 aliphatic rings. The molecule has 1 aromatic rings. The summed E-state index contributed by atoms with van der Waals surface area (Å²) in [5.41, 5.74) is 0.524. The molecule has 0 bridgehead atoms. The monoisotopic (exact) mass is 237 g/mol. The molecular weight excluding hydrogens is 222 g/mol. The molecule has 1 atom stereocenters. The second kappa shape index (κ2) is 4.61. The molecule has 1 amide bonds. The van der Waals surface area contributed by atoms with Gasteiger partial charge in [-0.25, -0.2) is 0 Å². The topological polar surface area (TPSA) is 70.8 Å². The minimum atomic E-state index is -0.827. The molecule has 0 spiro atoms. The summed E-state index contributed by atoms with van der Waals surface area (Å²) in [5, 5.41) is 8.97. The molecule has 5 nitrogen and oxygen atoms in total. The van der Waals surface area contributed by atoms with Gasteiger partial charge in [0.05, 0.1) is 17.7 Å². The van der Waals surface area contributed by atoms with E-state index < -0.39 is 11.9 Å². The van der Waals surface area contributed by atoms with Crippen molar-refractivity contribution in [1.29, 1.82) is 0 Å². The van der Waals surface area contributed by atoms with Crippen LogP contribution in [0.2, 0.25) is 0 Å². The summed E-state index contributed by atoms with van der Waals surface area (Å²) in [4.78, 5) is 24.6. The number of carbonyl (C=O) groups is 2. The van der Waals surface area contributed by atoms with Crippen molar-refractivity contribution in [2.75, 3.05) is 13.1 Å². The van der Waals surface area contributed by atoms with Crippen molar-refractivity contribution in [2.24, 2.45) is 5.92 Å². The number of aryl methyl sites for hydroxylation is 1. The molecule has 1 saturated heterocycles. The van der Waals surface area contributed by atoms with E-state index in [1.165, 1.54) is 6.26 Å². The summed E-state index contributed by atoms with van der Waals surface area (Å²) in [6, 6.07) is 1.63. The van der Waals surface area contributed by atoms with E-state index in [-0.39, 0.29) is 5.91 Å². The predicted molar refractivity (Wildman–Crippen MR) is 59.7 cm³/mol. The molecule has 1 aliphatic heterocycles. The lowest BCUT2D eigenvalue weighted by atomic mass is 9.98. The number of nitrogens with zero attached hydrogens (tertiary/aromatic N) is 1. The number of amides is 1. The van der Waals surface area contributed by atoms with Crippen molar-refractivity contribution in [3.8, 4) is 0 Å². The van der Waals surface area contributed by atoms with Crippen LogP contribution in [0.1, 0.15) is 29.0 Å². The first-order valence-corrected chi connectivity index (χ1v) is 5.65. The second-order valence-electron chi connectivity index (χ2n) is 4.32. The van der Waals surface area contributed by atoms with Crippen molar-refractivity contribution >= 4 is 11.9 Å². The highest BCUT2D eigenvalue weighted by molar-refractivity contribution is 5.95. The molecule has 1 N–H and O–H groups in total. The minimum absolute atomic E-state index is 0.137. The molecule has 2 rings (SSSR count). The molecule has 5 heteroatoms. The van der Waals surface area contributed by atoms with Gasteiger partial charge >= 0.3 is 5.97 Å². The van der Waals surface area contributed by atoms with E-state index in [4.69, 9.17) is 9.52 Å². The average molecular weight is 237 g/mol. The number of carboxylic acid groups (broad SMARTS) is 1. The standard InChI is InChI=1S/C12H15NO4/c1-8-10(4-6-17-8)11(14)13-5-2-3-9(7-13)12(15)16/h4,6,9H,2-3,5,7H2,1H3,(H,15,16)/t9-/m0/s1. The van der Waals surface area contributed by atoms with Crippen molar-refractivity contribution in [2.45, 2.75) is 19.8 Å². The Balaban J connectivity index is 2.10. The Morgan fingerprint density at radius 1 is 1.53 bits per heavy atom. The van der Waals surface area contributed by atoms with E-state index in [1.54, 1.807) is 17.9 Å². The number of likely N-dealkylation sites (tertiary alicyclic amines) is 1. The van der Waals surface area contributed by atoms with Gasteiger partial charge in [-0.3, -0.25) is 9.59 Å². The molecule has 0 unspecified atom stereocenters. The number of rotatable bonds is 2.